The molecule has 1 aliphatic heterocycles. The van der Waals surface area contributed by atoms with E-state index in [1.165, 1.54) is 65.3 Å². The molecule has 1 aromatic heterocycles. The Labute approximate surface area is 186 Å². The van der Waals surface area contributed by atoms with Gasteiger partial charge in [-0.3, -0.25) is 0 Å². The summed E-state index contributed by atoms with van der Waals surface area (Å²) < 4.78 is 0. The molecule has 0 spiro atoms. The van der Waals surface area contributed by atoms with Crippen LogP contribution in [0.3, 0.4) is 0 Å². The molecule has 0 atom stereocenters. The van der Waals surface area contributed by atoms with Gasteiger partial charge in [-0.15, -0.1) is 11.3 Å². The summed E-state index contributed by atoms with van der Waals surface area (Å²) in [5.41, 5.74) is 4.83. The second-order valence-electron chi connectivity index (χ2n) is 10.6. The Morgan fingerprint density at radius 1 is 1.03 bits per heavy atom. The summed E-state index contributed by atoms with van der Waals surface area (Å²) in [5, 5.41) is 10.2. The molecule has 164 valence electrons. The fourth-order valence-corrected chi connectivity index (χ4v) is 6.30. The molecule has 0 saturated carbocycles. The van der Waals surface area contributed by atoms with Crippen LogP contribution in [-0.4, -0.2) is 41.2 Å². The number of likely N-dealkylation sites (tertiary alicyclic amines) is 1. The van der Waals surface area contributed by atoms with Crippen molar-refractivity contribution < 1.29 is 5.11 Å². The van der Waals surface area contributed by atoms with Crippen LogP contribution >= 0.6 is 11.3 Å². The molecule has 0 amide bonds. The van der Waals surface area contributed by atoms with Gasteiger partial charge in [0.2, 0.25) is 0 Å². The van der Waals surface area contributed by atoms with Crippen molar-refractivity contribution in [2.24, 2.45) is 0 Å². The highest BCUT2D eigenvalue weighted by molar-refractivity contribution is 7.15. The van der Waals surface area contributed by atoms with E-state index in [0.29, 0.717) is 12.5 Å². The molecule has 1 aromatic carbocycles. The van der Waals surface area contributed by atoms with Crippen molar-refractivity contribution in [1.82, 2.24) is 9.88 Å². The maximum absolute atomic E-state index is 8.98. The van der Waals surface area contributed by atoms with Gasteiger partial charge in [0.25, 0.3) is 0 Å². The third kappa shape index (κ3) is 4.51. The number of aliphatic hydroxyl groups excluding tert-OH is 1. The number of piperidine rings is 1. The van der Waals surface area contributed by atoms with E-state index in [1.54, 1.807) is 0 Å². The van der Waals surface area contributed by atoms with Gasteiger partial charge in [0.15, 0.2) is 0 Å². The molecular formula is C26H38N2OS. The van der Waals surface area contributed by atoms with Gasteiger partial charge in [-0.1, -0.05) is 39.8 Å². The van der Waals surface area contributed by atoms with Gasteiger partial charge in [0, 0.05) is 23.2 Å². The number of rotatable bonds is 6. The van der Waals surface area contributed by atoms with E-state index in [0.717, 1.165) is 19.4 Å². The lowest BCUT2D eigenvalue weighted by Gasteiger charge is -2.42. The molecule has 4 heteroatoms. The summed E-state index contributed by atoms with van der Waals surface area (Å²) in [6.07, 6.45) is 9.13. The molecule has 1 N–H and O–H groups in total. The molecular weight excluding hydrogens is 388 g/mol. The first kappa shape index (κ1) is 22.0. The van der Waals surface area contributed by atoms with Crippen molar-refractivity contribution in [3.63, 3.8) is 0 Å². The minimum atomic E-state index is 0.240. The van der Waals surface area contributed by atoms with Crippen LogP contribution in [0, 0.1) is 0 Å². The largest absolute Gasteiger partial charge is 0.396 e. The van der Waals surface area contributed by atoms with Gasteiger partial charge in [-0.2, -0.15) is 0 Å². The standard InChI is InChI=1S/C26H38N2OS/c1-25(2)11-12-26(3,4)22-17-20(7-8-21(22)25)24-27-18-23(30-24)19-9-14-28(15-10-19)13-5-6-16-29/h7-8,17-19,29H,5-6,9-16H2,1-4H3. The average molecular weight is 427 g/mol. The number of aliphatic hydroxyl groups is 1. The lowest BCUT2D eigenvalue weighted by molar-refractivity contribution is 0.200. The molecule has 0 bridgehead atoms. The minimum Gasteiger partial charge on any atom is -0.396 e. The van der Waals surface area contributed by atoms with E-state index in [-0.39, 0.29) is 10.8 Å². The van der Waals surface area contributed by atoms with Gasteiger partial charge < -0.3 is 10.0 Å². The van der Waals surface area contributed by atoms with Crippen LogP contribution < -0.4 is 0 Å². The number of thiazole rings is 1. The third-order valence-electron chi connectivity index (χ3n) is 7.50. The lowest BCUT2D eigenvalue weighted by Crippen LogP contribution is -2.33. The van der Waals surface area contributed by atoms with Crippen molar-refractivity contribution in [3.8, 4) is 10.6 Å². The predicted octanol–water partition coefficient (Wildman–Crippen LogP) is 6.11. The Morgan fingerprint density at radius 2 is 1.73 bits per heavy atom. The smallest absolute Gasteiger partial charge is 0.123 e. The fourth-order valence-electron chi connectivity index (χ4n) is 5.22. The van der Waals surface area contributed by atoms with Crippen molar-refractivity contribution in [2.45, 2.75) is 83.0 Å². The van der Waals surface area contributed by atoms with Crippen molar-refractivity contribution in [2.75, 3.05) is 26.2 Å². The monoisotopic (exact) mass is 426 g/mol. The molecule has 2 aliphatic rings. The third-order valence-corrected chi connectivity index (χ3v) is 8.70. The van der Waals surface area contributed by atoms with E-state index in [4.69, 9.17) is 10.1 Å². The van der Waals surface area contributed by atoms with Crippen LogP contribution in [0.4, 0.5) is 0 Å². The number of nitrogens with zero attached hydrogens (tertiary/aromatic N) is 2. The number of hydrogen-bond acceptors (Lipinski definition) is 4. The van der Waals surface area contributed by atoms with Crippen LogP contribution in [0.15, 0.2) is 24.4 Å². The van der Waals surface area contributed by atoms with E-state index >= 15 is 0 Å². The van der Waals surface area contributed by atoms with Crippen LogP contribution in [0.5, 0.6) is 0 Å². The van der Waals surface area contributed by atoms with Crippen LogP contribution in [0.1, 0.15) is 88.1 Å². The average Bonchev–Trinajstić information content (AvgIpc) is 3.22. The minimum absolute atomic E-state index is 0.240. The maximum atomic E-state index is 8.98. The van der Waals surface area contributed by atoms with Crippen molar-refractivity contribution >= 4 is 11.3 Å². The zero-order chi connectivity index (χ0) is 21.4. The fraction of sp³-hybridized carbons (Fsp3) is 0.654. The van der Waals surface area contributed by atoms with Gasteiger partial charge in [0.1, 0.15) is 5.01 Å². The van der Waals surface area contributed by atoms with Gasteiger partial charge in [0.05, 0.1) is 0 Å². The quantitative estimate of drug-likeness (QED) is 0.566. The lowest BCUT2D eigenvalue weighted by atomic mass is 9.63. The molecule has 2 heterocycles. The van der Waals surface area contributed by atoms with E-state index in [1.807, 2.05) is 11.3 Å². The van der Waals surface area contributed by atoms with Crippen molar-refractivity contribution in [1.29, 1.82) is 0 Å². The number of benzene rings is 1. The molecule has 0 unspecified atom stereocenters. The second kappa shape index (κ2) is 8.72. The molecule has 2 aromatic rings. The Kier molecular flexibility index (Phi) is 6.39. The van der Waals surface area contributed by atoms with Crippen LogP contribution in [0.2, 0.25) is 0 Å². The molecule has 1 saturated heterocycles. The molecule has 0 radical (unpaired) electrons. The number of hydrogen-bond donors (Lipinski definition) is 1. The molecule has 30 heavy (non-hydrogen) atoms. The first-order chi connectivity index (χ1) is 14.3. The first-order valence-corrected chi connectivity index (χ1v) is 12.6. The SMILES string of the molecule is CC1(C)CCC(C)(C)c2cc(-c3ncc(C4CCN(CCCCO)CC4)s3)ccc21. The second-order valence-corrected chi connectivity index (χ2v) is 11.7. The Hall–Kier alpha value is -1.23. The van der Waals surface area contributed by atoms with Gasteiger partial charge >= 0.3 is 0 Å². The van der Waals surface area contributed by atoms with E-state index in [2.05, 4.69) is 57.0 Å². The highest BCUT2D eigenvalue weighted by Gasteiger charge is 2.37. The van der Waals surface area contributed by atoms with E-state index in [9.17, 15) is 0 Å². The van der Waals surface area contributed by atoms with E-state index < -0.39 is 0 Å². The summed E-state index contributed by atoms with van der Waals surface area (Å²) in [4.78, 5) is 8.86. The first-order valence-electron chi connectivity index (χ1n) is 11.7. The number of aromatic nitrogens is 1. The highest BCUT2D eigenvalue weighted by Crippen LogP contribution is 2.47. The molecule has 1 fully saturated rings. The summed E-state index contributed by atoms with van der Waals surface area (Å²) in [7, 11) is 0. The summed E-state index contributed by atoms with van der Waals surface area (Å²) >= 11 is 1.90. The highest BCUT2D eigenvalue weighted by atomic mass is 32.1. The Bertz CT molecular complexity index is 862. The summed E-state index contributed by atoms with van der Waals surface area (Å²) in [6.45, 7) is 13.4. The maximum Gasteiger partial charge on any atom is 0.123 e. The predicted molar refractivity (Wildman–Crippen MR) is 128 cm³/mol. The van der Waals surface area contributed by atoms with Crippen LogP contribution in [0.25, 0.3) is 10.6 Å². The topological polar surface area (TPSA) is 36.4 Å². The normalized spacial score (nSPS) is 21.5. The summed E-state index contributed by atoms with van der Waals surface area (Å²) in [5.74, 6) is 0.651. The van der Waals surface area contributed by atoms with Gasteiger partial charge in [-0.05, 0) is 92.1 Å². The number of fused-ring (bicyclic) bond motifs is 1. The van der Waals surface area contributed by atoms with Gasteiger partial charge in [-0.25, -0.2) is 4.98 Å². The molecule has 3 nitrogen and oxygen atoms in total. The molecule has 4 rings (SSSR count). The Morgan fingerprint density at radius 3 is 2.43 bits per heavy atom. The molecule has 1 aliphatic carbocycles. The van der Waals surface area contributed by atoms with Crippen molar-refractivity contribution in [3.05, 3.63) is 40.4 Å². The zero-order valence-corrected chi connectivity index (χ0v) is 20.0. The zero-order valence-electron chi connectivity index (χ0n) is 19.2. The summed E-state index contributed by atoms with van der Waals surface area (Å²) in [6, 6.07) is 7.11. The van der Waals surface area contributed by atoms with Crippen LogP contribution in [-0.2, 0) is 10.8 Å². The number of unbranched alkanes of at least 4 members (excludes halogenated alkanes) is 1. The Balaban J connectivity index is 1.48.